The average Bonchev–Trinajstić information content (AvgIpc) is 3.32. The Balaban J connectivity index is 1.70. The number of aromatic nitrogens is 1. The van der Waals surface area contributed by atoms with E-state index in [0.717, 1.165) is 45.3 Å². The Labute approximate surface area is 210 Å². The molecule has 0 bridgehead atoms. The van der Waals surface area contributed by atoms with Crippen molar-refractivity contribution in [1.82, 2.24) is 15.2 Å². The maximum absolute atomic E-state index is 13.3. The number of ether oxygens (including phenoxy) is 1. The monoisotopic (exact) mass is 490 g/mol. The molecule has 2 heterocycles. The minimum atomic E-state index is -0.205. The van der Waals surface area contributed by atoms with Crippen LogP contribution in [0.5, 0.6) is 0 Å². The molecule has 1 aliphatic heterocycles. The third kappa shape index (κ3) is 4.99. The number of carbonyl (C=O) groups is 2. The summed E-state index contributed by atoms with van der Waals surface area (Å²) in [4.78, 5) is 27.4. The smallest absolute Gasteiger partial charge is 0.281 e. The van der Waals surface area contributed by atoms with Crippen LogP contribution in [0.15, 0.2) is 48.3 Å². The van der Waals surface area contributed by atoms with Crippen LogP contribution in [0.2, 0.25) is 0 Å². The summed E-state index contributed by atoms with van der Waals surface area (Å²) in [5, 5.41) is 7.28. The molecule has 3 aromatic rings. The first-order valence-corrected chi connectivity index (χ1v) is 12.1. The van der Waals surface area contributed by atoms with Crippen molar-refractivity contribution in [3.8, 4) is 0 Å². The van der Waals surface area contributed by atoms with Gasteiger partial charge >= 0.3 is 0 Å². The number of fused-ring (bicyclic) bond motifs is 1. The maximum atomic E-state index is 13.3. The fourth-order valence-corrected chi connectivity index (χ4v) is 4.58. The number of benzene rings is 2. The van der Waals surface area contributed by atoms with Gasteiger partial charge in [-0.2, -0.15) is 0 Å². The van der Waals surface area contributed by atoms with Crippen LogP contribution in [0.3, 0.4) is 0 Å². The number of anilines is 1. The molecule has 1 fully saturated rings. The molecule has 4 rings (SSSR count). The minimum Gasteiger partial charge on any atom is -0.383 e. The van der Waals surface area contributed by atoms with Gasteiger partial charge in [0.2, 0.25) is 5.91 Å². The van der Waals surface area contributed by atoms with Gasteiger partial charge in [-0.05, 0) is 67.4 Å². The van der Waals surface area contributed by atoms with Crippen molar-refractivity contribution in [2.24, 2.45) is 0 Å². The van der Waals surface area contributed by atoms with Crippen molar-refractivity contribution in [1.29, 1.82) is 0 Å². The molecule has 1 saturated heterocycles. The number of nitrogens with zero attached hydrogens (tertiary/aromatic N) is 2. The van der Waals surface area contributed by atoms with Gasteiger partial charge in [0, 0.05) is 30.8 Å². The lowest BCUT2D eigenvalue weighted by molar-refractivity contribution is -0.121. The van der Waals surface area contributed by atoms with Crippen molar-refractivity contribution in [2.75, 3.05) is 25.2 Å². The van der Waals surface area contributed by atoms with Gasteiger partial charge in [0.25, 0.3) is 5.91 Å². The van der Waals surface area contributed by atoms with Crippen molar-refractivity contribution in [3.05, 3.63) is 70.5 Å². The number of para-hydroxylation sites is 1. The number of nitrogens with one attached hydrogen (secondary N) is 2. The summed E-state index contributed by atoms with van der Waals surface area (Å²) < 4.78 is 6.96. The molecule has 0 unspecified atom stereocenters. The van der Waals surface area contributed by atoms with E-state index in [9.17, 15) is 9.59 Å². The standard InChI is InChI=1S/C27H30N4O3S/c1-5-19-7-6-8-22-20(15-30(25(19)22)16-24(32)28-11-12-34-4)14-23-26(33)31(27(35)29-23)21-10-9-17(2)18(3)13-21/h6-10,13-15H,5,11-12,16H2,1-4H3,(H,28,32)(H,29,35). The lowest BCUT2D eigenvalue weighted by Crippen LogP contribution is -2.30. The fourth-order valence-electron chi connectivity index (χ4n) is 4.28. The number of methoxy groups -OCH3 is 1. The highest BCUT2D eigenvalue weighted by Gasteiger charge is 2.32. The van der Waals surface area contributed by atoms with E-state index in [0.29, 0.717) is 24.0 Å². The second kappa shape index (κ2) is 10.4. The Morgan fingerprint density at radius 2 is 2.00 bits per heavy atom. The molecule has 1 aliphatic rings. The first-order valence-electron chi connectivity index (χ1n) is 11.6. The van der Waals surface area contributed by atoms with E-state index >= 15 is 0 Å². The zero-order chi connectivity index (χ0) is 25.1. The van der Waals surface area contributed by atoms with Crippen LogP contribution >= 0.6 is 12.2 Å². The van der Waals surface area contributed by atoms with Gasteiger partial charge < -0.3 is 19.9 Å². The first kappa shape index (κ1) is 24.6. The molecule has 0 radical (unpaired) electrons. The van der Waals surface area contributed by atoms with Gasteiger partial charge in [0.1, 0.15) is 12.2 Å². The van der Waals surface area contributed by atoms with Gasteiger partial charge in [0.15, 0.2) is 5.11 Å². The molecule has 182 valence electrons. The van der Waals surface area contributed by atoms with Crippen LogP contribution < -0.4 is 15.5 Å². The molecule has 2 aromatic carbocycles. The van der Waals surface area contributed by atoms with Crippen molar-refractivity contribution < 1.29 is 14.3 Å². The number of carbonyl (C=O) groups excluding carboxylic acids is 2. The van der Waals surface area contributed by atoms with Gasteiger partial charge in [-0.15, -0.1) is 0 Å². The Hall–Kier alpha value is -3.49. The van der Waals surface area contributed by atoms with E-state index in [-0.39, 0.29) is 18.4 Å². The van der Waals surface area contributed by atoms with E-state index in [4.69, 9.17) is 17.0 Å². The van der Waals surface area contributed by atoms with Gasteiger partial charge in [0.05, 0.1) is 17.8 Å². The second-order valence-electron chi connectivity index (χ2n) is 8.62. The van der Waals surface area contributed by atoms with Crippen LogP contribution in [0.4, 0.5) is 5.69 Å². The summed E-state index contributed by atoms with van der Waals surface area (Å²) in [6, 6.07) is 11.9. The molecule has 0 spiro atoms. The molecule has 7 nitrogen and oxygen atoms in total. The van der Waals surface area contributed by atoms with E-state index in [1.807, 2.05) is 61.0 Å². The van der Waals surface area contributed by atoms with Crippen LogP contribution in [0, 0.1) is 13.8 Å². The summed E-state index contributed by atoms with van der Waals surface area (Å²) in [6.45, 7) is 7.22. The summed E-state index contributed by atoms with van der Waals surface area (Å²) in [5.41, 5.74) is 6.36. The van der Waals surface area contributed by atoms with Gasteiger partial charge in [-0.25, -0.2) is 0 Å². The molecule has 0 saturated carbocycles. The van der Waals surface area contributed by atoms with E-state index < -0.39 is 0 Å². The lowest BCUT2D eigenvalue weighted by Gasteiger charge is -2.15. The Bertz CT molecular complexity index is 1340. The van der Waals surface area contributed by atoms with Gasteiger partial charge in [-0.3, -0.25) is 14.5 Å². The van der Waals surface area contributed by atoms with E-state index in [1.165, 1.54) is 4.90 Å². The molecule has 35 heavy (non-hydrogen) atoms. The minimum absolute atomic E-state index is 0.0961. The third-order valence-electron chi connectivity index (χ3n) is 6.26. The zero-order valence-electron chi connectivity index (χ0n) is 20.5. The Morgan fingerprint density at radius 1 is 1.20 bits per heavy atom. The third-order valence-corrected chi connectivity index (χ3v) is 6.55. The predicted molar refractivity (Wildman–Crippen MR) is 143 cm³/mol. The molecule has 2 N–H and O–H groups in total. The molecule has 0 aliphatic carbocycles. The average molecular weight is 491 g/mol. The topological polar surface area (TPSA) is 75.6 Å². The molecule has 8 heteroatoms. The molecule has 2 amide bonds. The van der Waals surface area contributed by atoms with Gasteiger partial charge in [-0.1, -0.05) is 31.2 Å². The number of amides is 2. The van der Waals surface area contributed by atoms with Crippen molar-refractivity contribution in [3.63, 3.8) is 0 Å². The molecular weight excluding hydrogens is 460 g/mol. The number of rotatable bonds is 8. The number of aryl methyl sites for hydroxylation is 3. The fraction of sp³-hybridized carbons (Fsp3) is 0.296. The number of hydrogen-bond donors (Lipinski definition) is 2. The second-order valence-corrected chi connectivity index (χ2v) is 9.01. The highest BCUT2D eigenvalue weighted by atomic mass is 32.1. The Kier molecular flexibility index (Phi) is 7.33. The zero-order valence-corrected chi connectivity index (χ0v) is 21.3. The number of thiocarbonyl (C=S) groups is 1. The van der Waals surface area contributed by atoms with Crippen molar-refractivity contribution in [2.45, 2.75) is 33.7 Å². The van der Waals surface area contributed by atoms with E-state index in [2.05, 4.69) is 23.6 Å². The molecule has 1 aromatic heterocycles. The highest BCUT2D eigenvalue weighted by Crippen LogP contribution is 2.29. The van der Waals surface area contributed by atoms with Crippen molar-refractivity contribution >= 4 is 51.8 Å². The largest absolute Gasteiger partial charge is 0.383 e. The number of hydrogen-bond acceptors (Lipinski definition) is 4. The summed E-state index contributed by atoms with van der Waals surface area (Å²) in [5.74, 6) is -0.302. The summed E-state index contributed by atoms with van der Waals surface area (Å²) in [6.07, 6.45) is 4.56. The van der Waals surface area contributed by atoms with Crippen LogP contribution in [-0.4, -0.2) is 41.8 Å². The predicted octanol–water partition coefficient (Wildman–Crippen LogP) is 3.85. The first-order chi connectivity index (χ1) is 16.8. The quantitative estimate of drug-likeness (QED) is 0.285. The maximum Gasteiger partial charge on any atom is 0.281 e. The Morgan fingerprint density at radius 3 is 2.71 bits per heavy atom. The van der Waals surface area contributed by atoms with Crippen LogP contribution in [0.25, 0.3) is 17.0 Å². The normalized spacial score (nSPS) is 14.7. The summed E-state index contributed by atoms with van der Waals surface area (Å²) in [7, 11) is 1.60. The molecular formula is C27H30N4O3S. The highest BCUT2D eigenvalue weighted by molar-refractivity contribution is 7.80. The van der Waals surface area contributed by atoms with Crippen LogP contribution in [0.1, 0.15) is 29.2 Å². The molecule has 0 atom stereocenters. The van der Waals surface area contributed by atoms with Crippen LogP contribution in [-0.2, 0) is 27.3 Å². The summed E-state index contributed by atoms with van der Waals surface area (Å²) >= 11 is 5.50. The van der Waals surface area contributed by atoms with E-state index in [1.54, 1.807) is 7.11 Å². The lowest BCUT2D eigenvalue weighted by atomic mass is 10.1. The SMILES string of the molecule is CCc1cccc2c(C=C3NC(=S)N(c4ccc(C)c(C)c4)C3=O)cn(CC(=O)NCCOC)c12.